The molecule has 2 nitrogen and oxygen atoms in total. The van der Waals surface area contributed by atoms with Gasteiger partial charge in [-0.3, -0.25) is 0 Å². The quantitative estimate of drug-likeness (QED) is 0.897. The van der Waals surface area contributed by atoms with E-state index in [1.54, 1.807) is 0 Å². The zero-order valence-corrected chi connectivity index (χ0v) is 11.8. The van der Waals surface area contributed by atoms with Crippen molar-refractivity contribution < 1.29 is 5.11 Å². The number of hydrogen-bond acceptors (Lipinski definition) is 2. The highest BCUT2D eigenvalue weighted by molar-refractivity contribution is 9.10. The summed E-state index contributed by atoms with van der Waals surface area (Å²) in [5, 5.41) is 13.7. The minimum atomic E-state index is -0.365. The Bertz CT molecular complexity index is 369. The first-order valence-electron chi connectivity index (χ1n) is 6.32. The predicted octanol–water partition coefficient (Wildman–Crippen LogP) is 3.26. The molecule has 2 rings (SSSR count). The second-order valence-electron chi connectivity index (χ2n) is 5.09. The third-order valence-corrected chi connectivity index (χ3v) is 3.99. The first-order valence-corrected chi connectivity index (χ1v) is 7.11. The van der Waals surface area contributed by atoms with Crippen molar-refractivity contribution in [3.63, 3.8) is 0 Å². The third kappa shape index (κ3) is 3.80. The Kier molecular flexibility index (Phi) is 4.60. The molecule has 3 atom stereocenters. The van der Waals surface area contributed by atoms with Gasteiger partial charge in [0.15, 0.2) is 0 Å². The van der Waals surface area contributed by atoms with Gasteiger partial charge in [0, 0.05) is 10.5 Å². The van der Waals surface area contributed by atoms with Crippen LogP contribution in [0, 0.1) is 5.92 Å². The van der Waals surface area contributed by atoms with Gasteiger partial charge in [0.05, 0.1) is 6.10 Å². The van der Waals surface area contributed by atoms with Gasteiger partial charge >= 0.3 is 0 Å². The molecule has 0 amide bonds. The molecule has 1 aromatic carbocycles. The van der Waals surface area contributed by atoms with Crippen molar-refractivity contribution in [2.45, 2.75) is 38.3 Å². The highest BCUT2D eigenvalue weighted by Gasteiger charge is 2.21. The van der Waals surface area contributed by atoms with E-state index in [0.29, 0.717) is 6.04 Å². The highest BCUT2D eigenvalue weighted by atomic mass is 79.9. The Hall–Kier alpha value is -0.380. The van der Waals surface area contributed by atoms with Gasteiger partial charge in [0.25, 0.3) is 0 Å². The van der Waals surface area contributed by atoms with Gasteiger partial charge in [0.1, 0.15) is 0 Å². The van der Waals surface area contributed by atoms with Crippen molar-refractivity contribution in [1.82, 2.24) is 5.32 Å². The van der Waals surface area contributed by atoms with E-state index < -0.39 is 0 Å². The average Bonchev–Trinajstić information content (AvgIpc) is 2.29. The Morgan fingerprint density at radius 2 is 2.35 bits per heavy atom. The molecular weight excluding hydrogens is 278 g/mol. The summed E-state index contributed by atoms with van der Waals surface area (Å²) >= 11 is 3.44. The summed E-state index contributed by atoms with van der Waals surface area (Å²) in [6.45, 7) is 3.37. The molecule has 17 heavy (non-hydrogen) atoms. The zero-order valence-electron chi connectivity index (χ0n) is 10.2. The summed E-state index contributed by atoms with van der Waals surface area (Å²) in [7, 11) is 0. The molecule has 1 fully saturated rings. The van der Waals surface area contributed by atoms with E-state index >= 15 is 0 Å². The molecule has 1 aliphatic heterocycles. The van der Waals surface area contributed by atoms with Crippen LogP contribution in [0.3, 0.4) is 0 Å². The fourth-order valence-electron chi connectivity index (χ4n) is 2.52. The number of piperidine rings is 1. The van der Waals surface area contributed by atoms with E-state index in [0.717, 1.165) is 28.9 Å². The fraction of sp³-hybridized carbons (Fsp3) is 0.571. The van der Waals surface area contributed by atoms with Crippen LogP contribution >= 0.6 is 15.9 Å². The normalized spacial score (nSPS) is 26.8. The van der Waals surface area contributed by atoms with Crippen molar-refractivity contribution in [2.75, 3.05) is 6.54 Å². The number of nitrogens with one attached hydrogen (secondary N) is 1. The summed E-state index contributed by atoms with van der Waals surface area (Å²) < 4.78 is 1.03. The van der Waals surface area contributed by atoms with Crippen LogP contribution in [-0.2, 0) is 0 Å². The van der Waals surface area contributed by atoms with E-state index in [1.165, 1.54) is 12.8 Å². The molecule has 0 spiro atoms. The van der Waals surface area contributed by atoms with Crippen LogP contribution in [0.25, 0.3) is 0 Å². The molecule has 94 valence electrons. The Labute approximate surface area is 112 Å². The van der Waals surface area contributed by atoms with Crippen LogP contribution in [0.4, 0.5) is 0 Å². The molecule has 1 heterocycles. The van der Waals surface area contributed by atoms with Gasteiger partial charge in [0.2, 0.25) is 0 Å². The molecule has 1 aromatic rings. The second-order valence-corrected chi connectivity index (χ2v) is 6.00. The monoisotopic (exact) mass is 297 g/mol. The summed E-state index contributed by atoms with van der Waals surface area (Å²) in [5.74, 6) is 0.774. The minimum absolute atomic E-state index is 0.365. The number of rotatable bonds is 3. The van der Waals surface area contributed by atoms with Gasteiger partial charge in [-0.25, -0.2) is 0 Å². The zero-order chi connectivity index (χ0) is 12.3. The topological polar surface area (TPSA) is 32.3 Å². The number of hydrogen-bond donors (Lipinski definition) is 2. The molecule has 0 saturated carbocycles. The molecule has 2 N–H and O–H groups in total. The SMILES string of the molecule is CC1CCNC(CC(O)c2cccc(Br)c2)C1. The standard InChI is InChI=1S/C14H20BrNO/c1-10-5-6-16-13(7-10)9-14(17)11-3-2-4-12(15)8-11/h2-4,8,10,13-14,16-17H,5-7,9H2,1H3. The van der Waals surface area contributed by atoms with E-state index in [4.69, 9.17) is 0 Å². The maximum absolute atomic E-state index is 10.2. The smallest absolute Gasteiger partial charge is 0.0805 e. The van der Waals surface area contributed by atoms with Gasteiger partial charge in [-0.15, -0.1) is 0 Å². The molecule has 0 radical (unpaired) electrons. The van der Waals surface area contributed by atoms with Crippen molar-refractivity contribution >= 4 is 15.9 Å². The Balaban J connectivity index is 1.94. The van der Waals surface area contributed by atoms with Crippen LogP contribution in [0.2, 0.25) is 0 Å². The number of benzene rings is 1. The summed E-state index contributed by atoms with van der Waals surface area (Å²) in [5.41, 5.74) is 0.999. The number of aliphatic hydroxyl groups is 1. The first-order chi connectivity index (χ1) is 8.15. The van der Waals surface area contributed by atoms with Crippen molar-refractivity contribution in [1.29, 1.82) is 0 Å². The lowest BCUT2D eigenvalue weighted by Crippen LogP contribution is -2.38. The van der Waals surface area contributed by atoms with Crippen LogP contribution in [0.5, 0.6) is 0 Å². The van der Waals surface area contributed by atoms with E-state index in [-0.39, 0.29) is 6.10 Å². The maximum Gasteiger partial charge on any atom is 0.0805 e. The van der Waals surface area contributed by atoms with Gasteiger partial charge in [-0.2, -0.15) is 0 Å². The second kappa shape index (κ2) is 5.98. The molecule has 0 bridgehead atoms. The summed E-state index contributed by atoms with van der Waals surface area (Å²) in [6.07, 6.45) is 2.87. The lowest BCUT2D eigenvalue weighted by molar-refractivity contribution is 0.138. The fourth-order valence-corrected chi connectivity index (χ4v) is 2.94. The molecule has 3 unspecified atom stereocenters. The molecule has 1 aliphatic rings. The molecule has 0 aromatic heterocycles. The first kappa shape index (κ1) is 13.1. The van der Waals surface area contributed by atoms with Crippen LogP contribution < -0.4 is 5.32 Å². The van der Waals surface area contributed by atoms with Crippen molar-refractivity contribution in [2.24, 2.45) is 5.92 Å². The van der Waals surface area contributed by atoms with Crippen molar-refractivity contribution in [3.05, 3.63) is 34.3 Å². The van der Waals surface area contributed by atoms with Crippen LogP contribution in [0.15, 0.2) is 28.7 Å². The molecule has 3 heteroatoms. The average molecular weight is 298 g/mol. The van der Waals surface area contributed by atoms with E-state index in [1.807, 2.05) is 24.3 Å². The third-order valence-electron chi connectivity index (χ3n) is 3.50. The number of halogens is 1. The van der Waals surface area contributed by atoms with Gasteiger partial charge in [-0.05, 0) is 49.4 Å². The predicted molar refractivity (Wildman–Crippen MR) is 73.9 cm³/mol. The molecule has 0 aliphatic carbocycles. The van der Waals surface area contributed by atoms with Gasteiger partial charge in [-0.1, -0.05) is 35.0 Å². The van der Waals surface area contributed by atoms with E-state index in [2.05, 4.69) is 28.2 Å². The Morgan fingerprint density at radius 3 is 3.06 bits per heavy atom. The van der Waals surface area contributed by atoms with Crippen LogP contribution in [0.1, 0.15) is 37.9 Å². The molecular formula is C14H20BrNO. The summed E-state index contributed by atoms with van der Waals surface area (Å²) in [6, 6.07) is 8.39. The highest BCUT2D eigenvalue weighted by Crippen LogP contribution is 2.25. The number of aliphatic hydroxyl groups excluding tert-OH is 1. The Morgan fingerprint density at radius 1 is 1.53 bits per heavy atom. The largest absolute Gasteiger partial charge is 0.388 e. The maximum atomic E-state index is 10.2. The van der Waals surface area contributed by atoms with Crippen LogP contribution in [-0.4, -0.2) is 17.7 Å². The minimum Gasteiger partial charge on any atom is -0.388 e. The molecule has 1 saturated heterocycles. The lowest BCUT2D eigenvalue weighted by atomic mass is 9.90. The van der Waals surface area contributed by atoms with Crippen molar-refractivity contribution in [3.8, 4) is 0 Å². The van der Waals surface area contributed by atoms with Gasteiger partial charge < -0.3 is 10.4 Å². The lowest BCUT2D eigenvalue weighted by Gasteiger charge is -2.29. The van der Waals surface area contributed by atoms with E-state index in [9.17, 15) is 5.11 Å². The summed E-state index contributed by atoms with van der Waals surface area (Å²) in [4.78, 5) is 0.